The number of hydrogen-bond acceptors (Lipinski definition) is 4. The van der Waals surface area contributed by atoms with Gasteiger partial charge in [-0.2, -0.15) is 11.8 Å². The molecule has 1 atom stereocenters. The minimum absolute atomic E-state index is 0.0152. The van der Waals surface area contributed by atoms with Crippen LogP contribution in [0.3, 0.4) is 0 Å². The van der Waals surface area contributed by atoms with Gasteiger partial charge in [-0.3, -0.25) is 4.79 Å². The highest BCUT2D eigenvalue weighted by molar-refractivity contribution is 7.97. The second-order valence-corrected chi connectivity index (χ2v) is 6.13. The van der Waals surface area contributed by atoms with E-state index in [-0.39, 0.29) is 5.91 Å². The average molecular weight is 305 g/mol. The number of amides is 1. The Bertz CT molecular complexity index is 594. The zero-order chi connectivity index (χ0) is 14.7. The van der Waals surface area contributed by atoms with Crippen molar-refractivity contribution in [3.05, 3.63) is 41.9 Å². The monoisotopic (exact) mass is 305 g/mol. The number of furan rings is 1. The van der Waals surface area contributed by atoms with Crippen LogP contribution in [0, 0.1) is 0 Å². The first-order chi connectivity index (χ1) is 10.3. The third kappa shape index (κ3) is 3.15. The number of H-pyrrole nitrogens is 1. The number of nitrogens with zero attached hydrogens (tertiary/aromatic N) is 2. The quantitative estimate of drug-likeness (QED) is 0.943. The van der Waals surface area contributed by atoms with Gasteiger partial charge in [-0.05, 0) is 31.2 Å². The molecule has 1 aliphatic rings. The fourth-order valence-corrected chi connectivity index (χ4v) is 3.19. The number of piperidine rings is 1. The van der Waals surface area contributed by atoms with Gasteiger partial charge in [0, 0.05) is 31.4 Å². The molecule has 1 unspecified atom stereocenters. The third-order valence-electron chi connectivity index (χ3n) is 3.77. The summed E-state index contributed by atoms with van der Waals surface area (Å²) >= 11 is 1.68. The van der Waals surface area contributed by atoms with Gasteiger partial charge >= 0.3 is 0 Å². The summed E-state index contributed by atoms with van der Waals surface area (Å²) < 4.78 is 5.63. The number of aromatic nitrogens is 2. The average Bonchev–Trinajstić information content (AvgIpc) is 3.18. The molecule has 1 amide bonds. The molecular formula is C15H19N3O2S. The molecule has 0 aromatic carbocycles. The Balaban J connectivity index is 1.68. The Morgan fingerprint density at radius 1 is 1.57 bits per heavy atom. The second-order valence-electron chi connectivity index (χ2n) is 5.26. The molecule has 5 nitrogen and oxygen atoms in total. The second kappa shape index (κ2) is 6.39. The van der Waals surface area contributed by atoms with Gasteiger partial charge in [0.1, 0.15) is 11.6 Å². The molecule has 112 valence electrons. The van der Waals surface area contributed by atoms with Crippen LogP contribution in [0.25, 0.3) is 0 Å². The first kappa shape index (κ1) is 14.3. The largest absolute Gasteiger partial charge is 0.455 e. The maximum atomic E-state index is 12.5. The Morgan fingerprint density at radius 2 is 2.48 bits per heavy atom. The lowest BCUT2D eigenvalue weighted by molar-refractivity contribution is 0.0671. The van der Waals surface area contributed by atoms with Crippen molar-refractivity contribution in [2.45, 2.75) is 24.5 Å². The molecule has 1 N–H and O–H groups in total. The van der Waals surface area contributed by atoms with Crippen molar-refractivity contribution >= 4 is 17.7 Å². The van der Waals surface area contributed by atoms with E-state index < -0.39 is 0 Å². The van der Waals surface area contributed by atoms with E-state index in [4.69, 9.17) is 4.42 Å². The summed E-state index contributed by atoms with van der Waals surface area (Å²) in [6, 6.07) is 3.67. The normalized spacial score (nSPS) is 18.9. The first-order valence-electron chi connectivity index (χ1n) is 7.14. The number of hydrogen-bond donors (Lipinski definition) is 1. The van der Waals surface area contributed by atoms with Gasteiger partial charge in [0.15, 0.2) is 5.76 Å². The van der Waals surface area contributed by atoms with E-state index >= 15 is 0 Å². The maximum Gasteiger partial charge on any atom is 0.289 e. The van der Waals surface area contributed by atoms with Crippen LogP contribution >= 0.6 is 11.8 Å². The zero-order valence-electron chi connectivity index (χ0n) is 12.0. The number of nitrogens with one attached hydrogen (secondary N) is 1. The number of imidazole rings is 1. The van der Waals surface area contributed by atoms with Crippen molar-refractivity contribution in [1.29, 1.82) is 0 Å². The van der Waals surface area contributed by atoms with Crippen LogP contribution in [-0.4, -0.2) is 40.1 Å². The molecule has 1 saturated heterocycles. The minimum Gasteiger partial charge on any atom is -0.455 e. The fraction of sp³-hybridized carbons (Fsp3) is 0.467. The van der Waals surface area contributed by atoms with Crippen molar-refractivity contribution in [3.8, 4) is 0 Å². The predicted molar refractivity (Wildman–Crippen MR) is 82.4 cm³/mol. The van der Waals surface area contributed by atoms with Gasteiger partial charge in [0.25, 0.3) is 5.91 Å². The summed E-state index contributed by atoms with van der Waals surface area (Å²) in [5, 5.41) is 0. The van der Waals surface area contributed by atoms with Gasteiger partial charge in [0.2, 0.25) is 0 Å². The number of aromatic amines is 1. The lowest BCUT2D eigenvalue weighted by Gasteiger charge is -2.31. The lowest BCUT2D eigenvalue weighted by Crippen LogP contribution is -2.39. The highest BCUT2D eigenvalue weighted by atomic mass is 32.2. The number of carbonyl (C=O) groups excluding carboxylic acids is 1. The summed E-state index contributed by atoms with van der Waals surface area (Å²) in [5.41, 5.74) is 0. The van der Waals surface area contributed by atoms with Crippen molar-refractivity contribution in [2.24, 2.45) is 0 Å². The smallest absolute Gasteiger partial charge is 0.289 e. The highest BCUT2D eigenvalue weighted by Gasteiger charge is 2.28. The van der Waals surface area contributed by atoms with E-state index in [9.17, 15) is 4.79 Å². The van der Waals surface area contributed by atoms with Crippen LogP contribution in [0.15, 0.2) is 28.9 Å². The minimum atomic E-state index is -0.0152. The SMILES string of the molecule is CSCc1ccc(C(=O)N2CCCC(c3ncc[nH]3)C2)o1. The van der Waals surface area contributed by atoms with E-state index in [2.05, 4.69) is 9.97 Å². The zero-order valence-corrected chi connectivity index (χ0v) is 12.9. The van der Waals surface area contributed by atoms with E-state index in [1.807, 2.05) is 23.4 Å². The molecule has 1 fully saturated rings. The number of thioether (sulfide) groups is 1. The van der Waals surface area contributed by atoms with Gasteiger partial charge in [-0.1, -0.05) is 0 Å². The fourth-order valence-electron chi connectivity index (χ4n) is 2.75. The molecule has 21 heavy (non-hydrogen) atoms. The van der Waals surface area contributed by atoms with Crippen molar-refractivity contribution in [1.82, 2.24) is 14.9 Å². The molecule has 3 rings (SSSR count). The van der Waals surface area contributed by atoms with Crippen LogP contribution in [0.5, 0.6) is 0 Å². The number of carbonyl (C=O) groups is 1. The van der Waals surface area contributed by atoms with Crippen LogP contribution in [0.4, 0.5) is 0 Å². The van der Waals surface area contributed by atoms with Gasteiger partial charge < -0.3 is 14.3 Å². The van der Waals surface area contributed by atoms with E-state index in [1.54, 1.807) is 24.0 Å². The summed E-state index contributed by atoms with van der Waals surface area (Å²) in [7, 11) is 0. The molecule has 3 heterocycles. The molecule has 0 aliphatic carbocycles. The van der Waals surface area contributed by atoms with E-state index in [0.29, 0.717) is 18.2 Å². The molecule has 1 aliphatic heterocycles. The van der Waals surface area contributed by atoms with Gasteiger partial charge in [0.05, 0.1) is 5.75 Å². The standard InChI is InChI=1S/C15H19N3O2S/c1-21-10-12-4-5-13(20-12)15(19)18-8-2-3-11(9-18)14-16-6-7-17-14/h4-7,11H,2-3,8-10H2,1H3,(H,16,17). The molecule has 0 spiro atoms. The highest BCUT2D eigenvalue weighted by Crippen LogP contribution is 2.26. The van der Waals surface area contributed by atoms with E-state index in [1.165, 1.54) is 0 Å². The molecule has 2 aromatic heterocycles. The summed E-state index contributed by atoms with van der Waals surface area (Å²) in [5.74, 6) is 3.33. The van der Waals surface area contributed by atoms with Gasteiger partial charge in [-0.25, -0.2) is 4.98 Å². The number of likely N-dealkylation sites (tertiary alicyclic amines) is 1. The maximum absolute atomic E-state index is 12.5. The molecular weight excluding hydrogens is 286 g/mol. The summed E-state index contributed by atoms with van der Waals surface area (Å²) in [4.78, 5) is 21.9. The van der Waals surface area contributed by atoms with Crippen molar-refractivity contribution in [3.63, 3.8) is 0 Å². The molecule has 0 radical (unpaired) electrons. The number of rotatable bonds is 4. The third-order valence-corrected chi connectivity index (χ3v) is 4.35. The van der Waals surface area contributed by atoms with Crippen LogP contribution < -0.4 is 0 Å². The Labute approximate surface area is 128 Å². The van der Waals surface area contributed by atoms with Crippen LogP contribution in [0.2, 0.25) is 0 Å². The van der Waals surface area contributed by atoms with Crippen LogP contribution in [-0.2, 0) is 5.75 Å². The molecule has 2 aromatic rings. The topological polar surface area (TPSA) is 62.1 Å². The summed E-state index contributed by atoms with van der Waals surface area (Å²) in [6.45, 7) is 1.49. The molecule has 6 heteroatoms. The van der Waals surface area contributed by atoms with Gasteiger partial charge in [-0.15, -0.1) is 0 Å². The van der Waals surface area contributed by atoms with Crippen molar-refractivity contribution < 1.29 is 9.21 Å². The Morgan fingerprint density at radius 3 is 3.24 bits per heavy atom. The predicted octanol–water partition coefficient (Wildman–Crippen LogP) is 2.89. The summed E-state index contributed by atoms with van der Waals surface area (Å²) in [6.07, 6.45) is 7.67. The lowest BCUT2D eigenvalue weighted by atomic mass is 9.97. The Hall–Kier alpha value is -1.69. The molecule has 0 saturated carbocycles. The van der Waals surface area contributed by atoms with Crippen LogP contribution in [0.1, 0.15) is 40.9 Å². The molecule has 0 bridgehead atoms. The van der Waals surface area contributed by atoms with E-state index in [0.717, 1.165) is 36.7 Å². The Kier molecular flexibility index (Phi) is 4.34. The van der Waals surface area contributed by atoms with Crippen molar-refractivity contribution in [2.75, 3.05) is 19.3 Å². The first-order valence-corrected chi connectivity index (χ1v) is 8.53.